The van der Waals surface area contributed by atoms with Gasteiger partial charge in [0.25, 0.3) is 5.91 Å². The number of methoxy groups -OCH3 is 1. The van der Waals surface area contributed by atoms with E-state index in [0.29, 0.717) is 41.4 Å². The van der Waals surface area contributed by atoms with Crippen molar-refractivity contribution in [3.63, 3.8) is 0 Å². The zero-order valence-electron chi connectivity index (χ0n) is 15.7. The molecular weight excluding hydrogens is 413 g/mol. The molecule has 0 bridgehead atoms. The number of pyridine rings is 1. The van der Waals surface area contributed by atoms with Crippen LogP contribution in [-0.4, -0.2) is 47.5 Å². The van der Waals surface area contributed by atoms with Gasteiger partial charge in [-0.15, -0.1) is 0 Å². The van der Waals surface area contributed by atoms with Crippen molar-refractivity contribution in [3.05, 3.63) is 59.0 Å². The molecule has 0 unspecified atom stereocenters. The molecule has 1 aliphatic heterocycles. The highest BCUT2D eigenvalue weighted by molar-refractivity contribution is 7.99. The van der Waals surface area contributed by atoms with Crippen LogP contribution in [0.15, 0.2) is 42.5 Å². The van der Waals surface area contributed by atoms with E-state index in [1.807, 2.05) is 28.8 Å². The highest BCUT2D eigenvalue weighted by atomic mass is 35.5. The molecule has 5 nitrogen and oxygen atoms in total. The number of anilines is 2. The van der Waals surface area contributed by atoms with E-state index in [9.17, 15) is 9.18 Å². The summed E-state index contributed by atoms with van der Waals surface area (Å²) in [6.07, 6.45) is 0. The fourth-order valence-electron chi connectivity index (χ4n) is 3.26. The second kappa shape index (κ2) is 8.47. The predicted molar refractivity (Wildman–Crippen MR) is 116 cm³/mol. The van der Waals surface area contributed by atoms with E-state index in [1.165, 1.54) is 12.1 Å². The molecule has 8 heteroatoms. The number of thioether (sulfide) groups is 1. The molecule has 29 heavy (non-hydrogen) atoms. The molecule has 1 aromatic heterocycles. The van der Waals surface area contributed by atoms with E-state index < -0.39 is 5.82 Å². The molecule has 0 radical (unpaired) electrons. The van der Waals surface area contributed by atoms with E-state index >= 15 is 0 Å². The van der Waals surface area contributed by atoms with Gasteiger partial charge in [0.05, 0.1) is 17.8 Å². The molecule has 0 aliphatic carbocycles. The molecule has 2 heterocycles. The van der Waals surface area contributed by atoms with Crippen LogP contribution in [-0.2, 0) is 0 Å². The Morgan fingerprint density at radius 1 is 1.24 bits per heavy atom. The Balaban J connectivity index is 1.80. The fraction of sp³-hybridized carbons (Fsp3) is 0.238. The fourth-order valence-corrected chi connectivity index (χ4v) is 4.28. The van der Waals surface area contributed by atoms with Crippen molar-refractivity contribution in [2.75, 3.05) is 37.0 Å². The lowest BCUT2D eigenvalue weighted by atomic mass is 10.1. The Bertz CT molecular complexity index is 1070. The molecule has 0 saturated carbocycles. The second-order valence-corrected chi connectivity index (χ2v) is 8.20. The summed E-state index contributed by atoms with van der Waals surface area (Å²) in [6.45, 7) is 1.39. The number of carbonyl (C=O) groups is 1. The number of hydrogen-bond acceptors (Lipinski definition) is 5. The van der Waals surface area contributed by atoms with Crippen molar-refractivity contribution in [2.45, 2.75) is 0 Å². The lowest BCUT2D eigenvalue weighted by Gasteiger charge is -2.26. The first kappa shape index (κ1) is 19.8. The lowest BCUT2D eigenvalue weighted by molar-refractivity contribution is 0.0767. The van der Waals surface area contributed by atoms with Gasteiger partial charge in [-0.05, 0) is 30.3 Å². The largest absolute Gasteiger partial charge is 0.494 e. The number of ether oxygens (including phenoxy) is 1. The normalized spacial score (nSPS) is 14.1. The Kier molecular flexibility index (Phi) is 5.78. The number of hydrogen-bond donors (Lipinski definition) is 1. The van der Waals surface area contributed by atoms with Crippen LogP contribution < -0.4 is 10.1 Å². The number of nitrogens with zero attached hydrogens (tertiary/aromatic N) is 2. The van der Waals surface area contributed by atoms with Crippen molar-refractivity contribution in [1.82, 2.24) is 9.88 Å². The molecule has 1 saturated heterocycles. The van der Waals surface area contributed by atoms with Gasteiger partial charge in [-0.25, -0.2) is 9.37 Å². The minimum atomic E-state index is -0.519. The third-order valence-corrected chi connectivity index (χ3v) is 5.99. The first-order chi connectivity index (χ1) is 14.1. The predicted octanol–water partition coefficient (Wildman–Crippen LogP) is 4.97. The van der Waals surface area contributed by atoms with Gasteiger partial charge >= 0.3 is 0 Å². The number of rotatable bonds is 4. The molecule has 2 aromatic carbocycles. The summed E-state index contributed by atoms with van der Waals surface area (Å²) in [6, 6.07) is 11.7. The van der Waals surface area contributed by atoms with Gasteiger partial charge in [0.15, 0.2) is 0 Å². The number of amides is 1. The standard InChI is InChI=1S/C21H19ClFN3O2S/c1-28-19-4-2-3-14-17(24-13-5-6-15(22)16(23)11-13)12-18(25-20(14)19)21(27)26-7-9-29-10-8-26/h2-6,11-12H,7-10H2,1H3,(H,24,25). The average molecular weight is 432 g/mol. The zero-order chi connectivity index (χ0) is 20.4. The van der Waals surface area contributed by atoms with Crippen LogP contribution in [0.4, 0.5) is 15.8 Å². The third kappa shape index (κ3) is 4.11. The molecule has 4 rings (SSSR count). The Labute approximate surface area is 177 Å². The molecule has 0 atom stereocenters. The minimum absolute atomic E-state index is 0.0515. The molecule has 150 valence electrons. The first-order valence-electron chi connectivity index (χ1n) is 9.13. The van der Waals surface area contributed by atoms with E-state index in [2.05, 4.69) is 10.3 Å². The van der Waals surface area contributed by atoms with E-state index in [1.54, 1.807) is 25.3 Å². The molecular formula is C21H19ClFN3O2S. The number of aromatic nitrogens is 1. The Hall–Kier alpha value is -2.51. The summed E-state index contributed by atoms with van der Waals surface area (Å²) in [4.78, 5) is 19.5. The quantitative estimate of drug-likeness (QED) is 0.632. The summed E-state index contributed by atoms with van der Waals surface area (Å²) in [5.41, 5.74) is 2.07. The van der Waals surface area contributed by atoms with Crippen LogP contribution in [0.2, 0.25) is 5.02 Å². The number of benzene rings is 2. The van der Waals surface area contributed by atoms with Crippen LogP contribution in [0.3, 0.4) is 0 Å². The van der Waals surface area contributed by atoms with Gasteiger partial charge in [-0.2, -0.15) is 11.8 Å². The highest BCUT2D eigenvalue weighted by Crippen LogP contribution is 2.33. The Morgan fingerprint density at radius 2 is 2.03 bits per heavy atom. The van der Waals surface area contributed by atoms with E-state index in [4.69, 9.17) is 16.3 Å². The SMILES string of the molecule is COc1cccc2c(Nc3ccc(Cl)c(F)c3)cc(C(=O)N3CCSCC3)nc12. The van der Waals surface area contributed by atoms with Crippen LogP contribution in [0, 0.1) is 5.82 Å². The molecule has 1 amide bonds. The lowest BCUT2D eigenvalue weighted by Crippen LogP contribution is -2.38. The topological polar surface area (TPSA) is 54.5 Å². The van der Waals surface area contributed by atoms with Crippen molar-refractivity contribution < 1.29 is 13.9 Å². The molecule has 1 N–H and O–H groups in total. The monoisotopic (exact) mass is 431 g/mol. The molecule has 1 aliphatic rings. The summed E-state index contributed by atoms with van der Waals surface area (Å²) in [5.74, 6) is 1.75. The zero-order valence-corrected chi connectivity index (χ0v) is 17.3. The van der Waals surface area contributed by atoms with Gasteiger partial charge in [0.2, 0.25) is 0 Å². The van der Waals surface area contributed by atoms with Gasteiger partial charge in [0, 0.05) is 35.7 Å². The van der Waals surface area contributed by atoms with E-state index in [0.717, 1.165) is 16.9 Å². The van der Waals surface area contributed by atoms with Crippen LogP contribution in [0.5, 0.6) is 5.75 Å². The average Bonchev–Trinajstić information content (AvgIpc) is 2.76. The van der Waals surface area contributed by atoms with Gasteiger partial charge in [-0.3, -0.25) is 4.79 Å². The van der Waals surface area contributed by atoms with Crippen LogP contribution >= 0.6 is 23.4 Å². The maximum absolute atomic E-state index is 13.9. The van der Waals surface area contributed by atoms with Crippen molar-refractivity contribution in [1.29, 1.82) is 0 Å². The minimum Gasteiger partial charge on any atom is -0.494 e. The van der Waals surface area contributed by atoms with Gasteiger partial charge in [-0.1, -0.05) is 23.7 Å². The van der Waals surface area contributed by atoms with Gasteiger partial charge < -0.3 is 15.0 Å². The summed E-state index contributed by atoms with van der Waals surface area (Å²) in [7, 11) is 1.56. The molecule has 1 fully saturated rings. The van der Waals surface area contributed by atoms with Crippen molar-refractivity contribution >= 4 is 51.5 Å². The third-order valence-electron chi connectivity index (χ3n) is 4.74. The Morgan fingerprint density at radius 3 is 2.76 bits per heavy atom. The smallest absolute Gasteiger partial charge is 0.272 e. The highest BCUT2D eigenvalue weighted by Gasteiger charge is 2.22. The summed E-state index contributed by atoms with van der Waals surface area (Å²) in [5, 5.41) is 4.02. The van der Waals surface area contributed by atoms with Crippen molar-refractivity contribution in [2.24, 2.45) is 0 Å². The molecule has 0 spiro atoms. The number of fused-ring (bicyclic) bond motifs is 1. The molecule has 3 aromatic rings. The van der Waals surface area contributed by atoms with Crippen molar-refractivity contribution in [3.8, 4) is 5.75 Å². The maximum atomic E-state index is 13.9. The maximum Gasteiger partial charge on any atom is 0.272 e. The summed E-state index contributed by atoms with van der Waals surface area (Å²) < 4.78 is 19.3. The number of halogens is 2. The number of para-hydroxylation sites is 1. The van der Waals surface area contributed by atoms with Gasteiger partial charge in [0.1, 0.15) is 22.8 Å². The first-order valence-corrected chi connectivity index (χ1v) is 10.7. The second-order valence-electron chi connectivity index (χ2n) is 6.57. The number of carbonyl (C=O) groups excluding carboxylic acids is 1. The summed E-state index contributed by atoms with van der Waals surface area (Å²) >= 11 is 7.62. The van der Waals surface area contributed by atoms with Crippen LogP contribution in [0.25, 0.3) is 10.9 Å². The van der Waals surface area contributed by atoms with Crippen LogP contribution in [0.1, 0.15) is 10.5 Å². The number of nitrogens with one attached hydrogen (secondary N) is 1. The van der Waals surface area contributed by atoms with E-state index in [-0.39, 0.29) is 10.9 Å².